The van der Waals surface area contributed by atoms with Crippen molar-refractivity contribution in [2.24, 2.45) is 0 Å². The lowest BCUT2D eigenvalue weighted by Crippen LogP contribution is -2.18. The zero-order valence-corrected chi connectivity index (χ0v) is 13.4. The van der Waals surface area contributed by atoms with Crippen LogP contribution in [0.15, 0.2) is 34.8 Å². The van der Waals surface area contributed by atoms with Crippen molar-refractivity contribution >= 4 is 27.3 Å². The van der Waals surface area contributed by atoms with Gasteiger partial charge >= 0.3 is 0 Å². The Hall–Kier alpha value is -0.640. The Morgan fingerprint density at radius 1 is 1.28 bits per heavy atom. The first-order valence-corrected chi connectivity index (χ1v) is 7.69. The molecule has 96 valence electrons. The maximum absolute atomic E-state index is 3.66. The van der Waals surface area contributed by atoms with E-state index >= 15 is 0 Å². The average Bonchev–Trinajstić information content (AvgIpc) is 2.65. The van der Waals surface area contributed by atoms with E-state index in [2.05, 4.69) is 65.4 Å². The SMILES string of the molecule is CNC(Cc1cccc(C)c1)c1sc(C)cc1Br. The van der Waals surface area contributed by atoms with Crippen LogP contribution in [-0.4, -0.2) is 7.05 Å². The fourth-order valence-corrected chi connectivity index (χ4v) is 4.18. The molecule has 1 aromatic carbocycles. The van der Waals surface area contributed by atoms with Gasteiger partial charge in [-0.25, -0.2) is 0 Å². The summed E-state index contributed by atoms with van der Waals surface area (Å²) in [5.41, 5.74) is 2.70. The van der Waals surface area contributed by atoms with E-state index < -0.39 is 0 Å². The predicted octanol–water partition coefficient (Wildman–Crippen LogP) is 4.63. The van der Waals surface area contributed by atoms with Crippen LogP contribution < -0.4 is 5.32 Å². The van der Waals surface area contributed by atoms with Gasteiger partial charge in [-0.1, -0.05) is 29.8 Å². The topological polar surface area (TPSA) is 12.0 Å². The zero-order valence-electron chi connectivity index (χ0n) is 11.0. The fraction of sp³-hybridized carbons (Fsp3) is 0.333. The number of thiophene rings is 1. The number of benzene rings is 1. The van der Waals surface area contributed by atoms with E-state index in [1.165, 1.54) is 25.4 Å². The molecule has 0 aliphatic heterocycles. The molecule has 0 spiro atoms. The summed E-state index contributed by atoms with van der Waals surface area (Å²) in [5.74, 6) is 0. The summed E-state index contributed by atoms with van der Waals surface area (Å²) < 4.78 is 1.22. The normalized spacial score (nSPS) is 12.7. The minimum atomic E-state index is 0.375. The van der Waals surface area contributed by atoms with Gasteiger partial charge in [0.15, 0.2) is 0 Å². The Morgan fingerprint density at radius 2 is 2.06 bits per heavy atom. The van der Waals surface area contributed by atoms with Gasteiger partial charge in [0.25, 0.3) is 0 Å². The third-order valence-corrected chi connectivity index (χ3v) is 5.11. The molecule has 18 heavy (non-hydrogen) atoms. The molecule has 2 rings (SSSR count). The molecule has 0 amide bonds. The molecule has 1 nitrogen and oxygen atoms in total. The zero-order chi connectivity index (χ0) is 13.1. The lowest BCUT2D eigenvalue weighted by Gasteiger charge is -2.16. The van der Waals surface area contributed by atoms with Crippen LogP contribution in [0.2, 0.25) is 0 Å². The van der Waals surface area contributed by atoms with Crippen LogP contribution in [0.25, 0.3) is 0 Å². The van der Waals surface area contributed by atoms with Crippen molar-refractivity contribution in [1.29, 1.82) is 0 Å². The van der Waals surface area contributed by atoms with Gasteiger partial charge in [-0.15, -0.1) is 11.3 Å². The highest BCUT2D eigenvalue weighted by Crippen LogP contribution is 2.33. The monoisotopic (exact) mass is 323 g/mol. The van der Waals surface area contributed by atoms with Crippen LogP contribution in [0.3, 0.4) is 0 Å². The Balaban J connectivity index is 2.22. The van der Waals surface area contributed by atoms with Crippen LogP contribution in [0.4, 0.5) is 0 Å². The molecule has 0 aliphatic carbocycles. The number of rotatable bonds is 4. The molecular weight excluding hydrogens is 306 g/mol. The lowest BCUT2D eigenvalue weighted by molar-refractivity contribution is 0.600. The maximum atomic E-state index is 3.66. The largest absolute Gasteiger partial charge is 0.312 e. The highest BCUT2D eigenvalue weighted by atomic mass is 79.9. The Bertz CT molecular complexity index is 533. The number of nitrogens with one attached hydrogen (secondary N) is 1. The highest BCUT2D eigenvalue weighted by molar-refractivity contribution is 9.10. The number of likely N-dealkylation sites (N-methyl/N-ethyl adjacent to an activating group) is 1. The quantitative estimate of drug-likeness (QED) is 0.864. The second-order valence-corrected chi connectivity index (χ2v) is 6.75. The summed E-state index contributed by atoms with van der Waals surface area (Å²) >= 11 is 5.52. The van der Waals surface area contributed by atoms with Crippen LogP contribution in [0, 0.1) is 13.8 Å². The van der Waals surface area contributed by atoms with Crippen molar-refractivity contribution in [2.75, 3.05) is 7.05 Å². The van der Waals surface area contributed by atoms with Crippen molar-refractivity contribution < 1.29 is 0 Å². The van der Waals surface area contributed by atoms with E-state index in [9.17, 15) is 0 Å². The third-order valence-electron chi connectivity index (χ3n) is 3.02. The number of halogens is 1. The average molecular weight is 324 g/mol. The standard InChI is InChI=1S/C15H18BrNS/c1-10-5-4-6-12(7-10)9-14(17-3)15-13(16)8-11(2)18-15/h4-8,14,17H,9H2,1-3H3. The second kappa shape index (κ2) is 6.00. The molecule has 1 N–H and O–H groups in total. The summed E-state index contributed by atoms with van der Waals surface area (Å²) in [7, 11) is 2.03. The van der Waals surface area contributed by atoms with Gasteiger partial charge in [-0.3, -0.25) is 0 Å². The minimum absolute atomic E-state index is 0.375. The molecule has 2 aromatic rings. The second-order valence-electron chi connectivity index (χ2n) is 4.60. The van der Waals surface area contributed by atoms with E-state index in [4.69, 9.17) is 0 Å². The van der Waals surface area contributed by atoms with Gasteiger partial charge < -0.3 is 5.32 Å². The maximum Gasteiger partial charge on any atom is 0.0464 e. The Labute approximate surface area is 121 Å². The summed E-state index contributed by atoms with van der Waals surface area (Å²) in [6.45, 7) is 4.29. The first-order valence-electron chi connectivity index (χ1n) is 6.09. The van der Waals surface area contributed by atoms with Crippen LogP contribution in [0.1, 0.15) is 26.9 Å². The van der Waals surface area contributed by atoms with E-state index in [-0.39, 0.29) is 0 Å². The molecule has 0 radical (unpaired) electrons. The van der Waals surface area contributed by atoms with E-state index in [0.717, 1.165) is 6.42 Å². The molecule has 3 heteroatoms. The van der Waals surface area contributed by atoms with Crippen LogP contribution in [0.5, 0.6) is 0 Å². The lowest BCUT2D eigenvalue weighted by atomic mass is 10.0. The van der Waals surface area contributed by atoms with Gasteiger partial charge in [0.2, 0.25) is 0 Å². The van der Waals surface area contributed by atoms with Gasteiger partial charge in [-0.05, 0) is 54.9 Å². The molecule has 0 bridgehead atoms. The fourth-order valence-electron chi connectivity index (χ4n) is 2.14. The Morgan fingerprint density at radius 3 is 2.61 bits per heavy atom. The minimum Gasteiger partial charge on any atom is -0.312 e. The van der Waals surface area contributed by atoms with Crippen molar-refractivity contribution in [2.45, 2.75) is 26.3 Å². The van der Waals surface area contributed by atoms with Crippen molar-refractivity contribution in [1.82, 2.24) is 5.32 Å². The van der Waals surface area contributed by atoms with Gasteiger partial charge in [0.1, 0.15) is 0 Å². The molecule has 1 heterocycles. The van der Waals surface area contributed by atoms with E-state index in [1.807, 2.05) is 18.4 Å². The molecule has 0 fully saturated rings. The van der Waals surface area contributed by atoms with Crippen LogP contribution >= 0.6 is 27.3 Å². The molecule has 1 aromatic heterocycles. The smallest absolute Gasteiger partial charge is 0.0464 e. The summed E-state index contributed by atoms with van der Waals surface area (Å²) in [5, 5.41) is 3.42. The van der Waals surface area contributed by atoms with Crippen LogP contribution in [-0.2, 0) is 6.42 Å². The molecule has 0 aliphatic rings. The molecule has 0 saturated carbocycles. The van der Waals surface area contributed by atoms with Gasteiger partial charge in [-0.2, -0.15) is 0 Å². The molecular formula is C15H18BrNS. The first kappa shape index (κ1) is 13.8. The number of aryl methyl sites for hydroxylation is 2. The summed E-state index contributed by atoms with van der Waals surface area (Å²) in [6.07, 6.45) is 1.02. The predicted molar refractivity (Wildman–Crippen MR) is 83.4 cm³/mol. The van der Waals surface area contributed by atoms with Crippen molar-refractivity contribution in [3.8, 4) is 0 Å². The van der Waals surface area contributed by atoms with E-state index in [1.54, 1.807) is 0 Å². The van der Waals surface area contributed by atoms with Gasteiger partial charge in [0, 0.05) is 20.3 Å². The number of hydrogen-bond acceptors (Lipinski definition) is 2. The first-order chi connectivity index (χ1) is 8.60. The number of hydrogen-bond donors (Lipinski definition) is 1. The van der Waals surface area contributed by atoms with Crippen molar-refractivity contribution in [3.63, 3.8) is 0 Å². The third kappa shape index (κ3) is 3.22. The molecule has 1 atom stereocenters. The van der Waals surface area contributed by atoms with E-state index in [0.29, 0.717) is 6.04 Å². The van der Waals surface area contributed by atoms with Crippen molar-refractivity contribution in [3.05, 3.63) is 55.7 Å². The molecule has 1 unspecified atom stereocenters. The Kier molecular flexibility index (Phi) is 4.60. The van der Waals surface area contributed by atoms with Gasteiger partial charge in [0.05, 0.1) is 0 Å². The summed E-state index contributed by atoms with van der Waals surface area (Å²) in [6, 6.07) is 11.3. The highest BCUT2D eigenvalue weighted by Gasteiger charge is 2.16. The summed E-state index contributed by atoms with van der Waals surface area (Å²) in [4.78, 5) is 2.73. The molecule has 0 saturated heterocycles.